The maximum absolute atomic E-state index is 10.1. The first kappa shape index (κ1) is 9.88. The Balaban J connectivity index is 3.21. The SMILES string of the molecule is CCN(CCO)CCC[O]. The summed E-state index contributed by atoms with van der Waals surface area (Å²) in [5.41, 5.74) is 0. The van der Waals surface area contributed by atoms with E-state index in [1.165, 1.54) is 0 Å². The Kier molecular flexibility index (Phi) is 6.91. The van der Waals surface area contributed by atoms with Gasteiger partial charge in [-0.15, -0.1) is 0 Å². The van der Waals surface area contributed by atoms with Crippen molar-refractivity contribution in [3.05, 3.63) is 0 Å². The maximum atomic E-state index is 10.1. The highest BCUT2D eigenvalue weighted by atomic mass is 16.3. The predicted octanol–water partition coefficient (Wildman–Crippen LogP) is 0.121. The van der Waals surface area contributed by atoms with E-state index in [2.05, 4.69) is 4.90 Å². The number of hydrogen-bond acceptors (Lipinski definition) is 2. The molecule has 0 amide bonds. The number of hydrogen-bond donors (Lipinski definition) is 1. The van der Waals surface area contributed by atoms with Gasteiger partial charge in [-0.1, -0.05) is 6.92 Å². The molecule has 1 N–H and O–H groups in total. The molecule has 3 nitrogen and oxygen atoms in total. The molecule has 0 saturated heterocycles. The van der Waals surface area contributed by atoms with Gasteiger partial charge in [0.1, 0.15) is 0 Å². The monoisotopic (exact) mass is 146 g/mol. The average Bonchev–Trinajstić information content (AvgIpc) is 1.98. The summed E-state index contributed by atoms with van der Waals surface area (Å²) < 4.78 is 0. The van der Waals surface area contributed by atoms with E-state index >= 15 is 0 Å². The predicted molar refractivity (Wildman–Crippen MR) is 39.4 cm³/mol. The Bertz CT molecular complexity index is 68.6. The highest BCUT2D eigenvalue weighted by molar-refractivity contribution is 4.52. The van der Waals surface area contributed by atoms with E-state index in [-0.39, 0.29) is 13.2 Å². The standard InChI is InChI=1S/C7H16NO2/c1-2-8(5-7-10)4-3-6-9/h10H,2-7H2,1H3. The van der Waals surface area contributed by atoms with E-state index in [1.54, 1.807) is 0 Å². The summed E-state index contributed by atoms with van der Waals surface area (Å²) in [5, 5.41) is 18.6. The molecule has 0 heterocycles. The Labute approximate surface area is 62.3 Å². The molecule has 0 saturated carbocycles. The zero-order valence-electron chi connectivity index (χ0n) is 6.55. The van der Waals surface area contributed by atoms with E-state index < -0.39 is 0 Å². The van der Waals surface area contributed by atoms with Gasteiger partial charge in [0.2, 0.25) is 0 Å². The van der Waals surface area contributed by atoms with Gasteiger partial charge < -0.3 is 10.0 Å². The van der Waals surface area contributed by atoms with Crippen LogP contribution < -0.4 is 0 Å². The molecule has 10 heavy (non-hydrogen) atoms. The van der Waals surface area contributed by atoms with Crippen molar-refractivity contribution >= 4 is 0 Å². The number of likely N-dealkylation sites (N-methyl/N-ethyl adjacent to an activating group) is 1. The van der Waals surface area contributed by atoms with E-state index in [0.29, 0.717) is 13.0 Å². The largest absolute Gasteiger partial charge is 0.395 e. The average molecular weight is 146 g/mol. The van der Waals surface area contributed by atoms with Gasteiger partial charge in [0.15, 0.2) is 0 Å². The van der Waals surface area contributed by atoms with Crippen LogP contribution in [0.25, 0.3) is 0 Å². The third-order valence-corrected chi connectivity index (χ3v) is 1.48. The van der Waals surface area contributed by atoms with Crippen LogP contribution in [-0.2, 0) is 5.11 Å². The molecule has 0 bridgehead atoms. The highest BCUT2D eigenvalue weighted by Gasteiger charge is 1.98. The van der Waals surface area contributed by atoms with Crippen LogP contribution in [0.3, 0.4) is 0 Å². The minimum atomic E-state index is -0.0120. The lowest BCUT2D eigenvalue weighted by atomic mass is 10.4. The first-order chi connectivity index (χ1) is 4.85. The summed E-state index contributed by atoms with van der Waals surface area (Å²) in [4.78, 5) is 2.07. The Hall–Kier alpha value is -0.120. The summed E-state index contributed by atoms with van der Waals surface area (Å²) in [7, 11) is 0. The Morgan fingerprint density at radius 3 is 2.50 bits per heavy atom. The lowest BCUT2D eigenvalue weighted by Gasteiger charge is -2.17. The Morgan fingerprint density at radius 2 is 2.10 bits per heavy atom. The summed E-state index contributed by atoms with van der Waals surface area (Å²) in [5.74, 6) is 0. The van der Waals surface area contributed by atoms with Crippen molar-refractivity contribution in [3.63, 3.8) is 0 Å². The molecule has 0 aliphatic heterocycles. The van der Waals surface area contributed by atoms with E-state index in [4.69, 9.17) is 5.11 Å². The third kappa shape index (κ3) is 4.73. The van der Waals surface area contributed by atoms with E-state index in [9.17, 15) is 5.11 Å². The molecule has 61 valence electrons. The summed E-state index contributed by atoms with van der Waals surface area (Å²) in [6, 6.07) is 0. The fraction of sp³-hybridized carbons (Fsp3) is 1.00. The first-order valence-electron chi connectivity index (χ1n) is 3.76. The molecule has 0 unspecified atom stereocenters. The third-order valence-electron chi connectivity index (χ3n) is 1.48. The maximum Gasteiger partial charge on any atom is 0.0834 e. The normalized spacial score (nSPS) is 10.8. The van der Waals surface area contributed by atoms with Crippen molar-refractivity contribution in [1.82, 2.24) is 4.90 Å². The van der Waals surface area contributed by atoms with Gasteiger partial charge in [0, 0.05) is 13.1 Å². The van der Waals surface area contributed by atoms with Crippen LogP contribution in [0, 0.1) is 0 Å². The molecule has 0 aromatic carbocycles. The molecular weight excluding hydrogens is 130 g/mol. The Morgan fingerprint density at radius 1 is 1.40 bits per heavy atom. The van der Waals surface area contributed by atoms with Crippen molar-refractivity contribution in [1.29, 1.82) is 0 Å². The molecule has 0 aromatic rings. The lowest BCUT2D eigenvalue weighted by Crippen LogP contribution is -2.28. The second-order valence-electron chi connectivity index (χ2n) is 2.22. The van der Waals surface area contributed by atoms with Crippen LogP contribution in [0.5, 0.6) is 0 Å². The molecule has 0 aliphatic carbocycles. The van der Waals surface area contributed by atoms with Crippen molar-refractivity contribution in [2.45, 2.75) is 13.3 Å². The van der Waals surface area contributed by atoms with Crippen LogP contribution in [0.2, 0.25) is 0 Å². The molecule has 0 aliphatic rings. The van der Waals surface area contributed by atoms with Crippen molar-refractivity contribution in [2.24, 2.45) is 0 Å². The smallest absolute Gasteiger partial charge is 0.0834 e. The van der Waals surface area contributed by atoms with Crippen LogP contribution in [0.1, 0.15) is 13.3 Å². The number of aliphatic hydroxyl groups excluding tert-OH is 1. The summed E-state index contributed by atoms with van der Waals surface area (Å²) >= 11 is 0. The van der Waals surface area contributed by atoms with Gasteiger partial charge >= 0.3 is 0 Å². The van der Waals surface area contributed by atoms with Gasteiger partial charge in [0.25, 0.3) is 0 Å². The molecule has 0 aromatic heterocycles. The second-order valence-corrected chi connectivity index (χ2v) is 2.22. The van der Waals surface area contributed by atoms with Crippen LogP contribution >= 0.6 is 0 Å². The number of rotatable bonds is 6. The van der Waals surface area contributed by atoms with E-state index in [1.807, 2.05) is 6.92 Å². The molecule has 1 radical (unpaired) electrons. The zero-order valence-corrected chi connectivity index (χ0v) is 6.55. The van der Waals surface area contributed by atoms with Crippen LogP contribution in [0.4, 0.5) is 0 Å². The quantitative estimate of drug-likeness (QED) is 0.578. The highest BCUT2D eigenvalue weighted by Crippen LogP contribution is 1.88. The fourth-order valence-electron chi connectivity index (χ4n) is 0.858. The molecular formula is C7H16NO2. The van der Waals surface area contributed by atoms with Crippen LogP contribution in [-0.4, -0.2) is 42.9 Å². The summed E-state index contributed by atoms with van der Waals surface area (Å²) in [6.07, 6.45) is 0.688. The van der Waals surface area contributed by atoms with Gasteiger partial charge in [0.05, 0.1) is 13.2 Å². The topological polar surface area (TPSA) is 43.4 Å². The van der Waals surface area contributed by atoms with Gasteiger partial charge in [-0.2, -0.15) is 0 Å². The summed E-state index contributed by atoms with van der Waals surface area (Å²) in [6.45, 7) is 4.63. The lowest BCUT2D eigenvalue weighted by molar-refractivity contribution is 0.154. The zero-order chi connectivity index (χ0) is 7.82. The van der Waals surface area contributed by atoms with Crippen molar-refractivity contribution in [2.75, 3.05) is 32.8 Å². The van der Waals surface area contributed by atoms with Crippen molar-refractivity contribution in [3.8, 4) is 0 Å². The number of nitrogens with zero attached hydrogens (tertiary/aromatic N) is 1. The van der Waals surface area contributed by atoms with Gasteiger partial charge in [-0.25, -0.2) is 5.11 Å². The molecule has 0 rings (SSSR count). The van der Waals surface area contributed by atoms with E-state index in [0.717, 1.165) is 13.1 Å². The first-order valence-corrected chi connectivity index (χ1v) is 3.76. The minimum absolute atomic E-state index is 0.0120. The van der Waals surface area contributed by atoms with Crippen molar-refractivity contribution < 1.29 is 10.2 Å². The van der Waals surface area contributed by atoms with Crippen LogP contribution in [0.15, 0.2) is 0 Å². The molecule has 3 heteroatoms. The number of aliphatic hydroxyl groups is 1. The molecule has 0 atom stereocenters. The molecule has 0 spiro atoms. The second kappa shape index (κ2) is 6.99. The fourth-order valence-corrected chi connectivity index (χ4v) is 0.858. The van der Waals surface area contributed by atoms with Gasteiger partial charge in [-0.05, 0) is 13.0 Å². The van der Waals surface area contributed by atoms with Gasteiger partial charge in [-0.3, -0.25) is 0 Å². The molecule has 0 fully saturated rings. The minimum Gasteiger partial charge on any atom is -0.395 e.